The van der Waals surface area contributed by atoms with Crippen molar-refractivity contribution in [1.82, 2.24) is 4.72 Å². The Balaban J connectivity index is 1.44. The molecular weight excluding hydrogens is 502 g/mol. The third-order valence-corrected chi connectivity index (χ3v) is 9.09. The molecule has 0 aromatic heterocycles. The highest BCUT2D eigenvalue weighted by Crippen LogP contribution is 2.44. The van der Waals surface area contributed by atoms with Crippen LogP contribution in [0.3, 0.4) is 0 Å². The third kappa shape index (κ3) is 4.81. The molecule has 2 aromatic carbocycles. The number of sulfonamides is 1. The topological polar surface area (TPSA) is 108 Å². The van der Waals surface area contributed by atoms with E-state index < -0.39 is 21.7 Å². The van der Waals surface area contributed by atoms with Gasteiger partial charge in [-0.3, -0.25) is 0 Å². The number of nitrogens with zero attached hydrogens (tertiary/aromatic N) is 1. The van der Waals surface area contributed by atoms with E-state index in [1.807, 2.05) is 4.90 Å². The Bertz CT molecular complexity index is 1280. The number of anilines is 2. The number of carbonyl (C=O) groups excluding carboxylic acids is 1. The first-order valence-electron chi connectivity index (χ1n) is 12.4. The molecule has 2 amide bonds. The molecule has 5 rings (SSSR count). The fraction of sp³-hybridized carbons (Fsp3) is 0.500. The van der Waals surface area contributed by atoms with Gasteiger partial charge in [-0.2, -0.15) is 0 Å². The number of nitrogens with one attached hydrogen (secondary N) is 2. The van der Waals surface area contributed by atoms with Crippen molar-refractivity contribution >= 4 is 39.0 Å². The summed E-state index contributed by atoms with van der Waals surface area (Å²) >= 11 is 6.67. The van der Waals surface area contributed by atoms with Gasteiger partial charge in [0.15, 0.2) is 0 Å². The fourth-order valence-electron chi connectivity index (χ4n) is 5.45. The van der Waals surface area contributed by atoms with Crippen molar-refractivity contribution in [2.45, 2.75) is 62.9 Å². The Labute approximate surface area is 217 Å². The van der Waals surface area contributed by atoms with Crippen LogP contribution < -0.4 is 14.9 Å². The quantitative estimate of drug-likeness (QED) is 0.538. The lowest BCUT2D eigenvalue weighted by atomic mass is 9.97. The minimum Gasteiger partial charge on any atom is -0.386 e. The Morgan fingerprint density at radius 1 is 1.00 bits per heavy atom. The molecule has 3 N–H and O–H groups in total. The molecule has 1 aliphatic heterocycles. The maximum absolute atomic E-state index is 13.4. The number of halogens is 1. The van der Waals surface area contributed by atoms with Crippen LogP contribution in [-0.2, 0) is 46.0 Å². The van der Waals surface area contributed by atoms with Crippen LogP contribution in [0.15, 0.2) is 23.1 Å². The molecule has 194 valence electrons. The van der Waals surface area contributed by atoms with Gasteiger partial charge in [-0.1, -0.05) is 11.6 Å². The van der Waals surface area contributed by atoms with Crippen LogP contribution in [0, 0.1) is 0 Å². The number of ether oxygens (including phenoxy) is 1. The zero-order valence-electron chi connectivity index (χ0n) is 20.6. The lowest BCUT2D eigenvalue weighted by molar-refractivity contribution is 0.0783. The summed E-state index contributed by atoms with van der Waals surface area (Å²) in [6.07, 6.45) is 5.26. The van der Waals surface area contributed by atoms with Gasteiger partial charge < -0.3 is 20.1 Å². The Morgan fingerprint density at radius 2 is 1.58 bits per heavy atom. The van der Waals surface area contributed by atoms with Crippen molar-refractivity contribution < 1.29 is 23.1 Å². The highest BCUT2D eigenvalue weighted by atomic mass is 35.5. The summed E-state index contributed by atoms with van der Waals surface area (Å²) in [7, 11) is -4.22. The number of morpholine rings is 1. The summed E-state index contributed by atoms with van der Waals surface area (Å²) in [5.74, 6) is 0. The first kappa shape index (κ1) is 25.3. The molecule has 0 radical (unpaired) electrons. The van der Waals surface area contributed by atoms with Gasteiger partial charge in [-0.15, -0.1) is 0 Å². The molecule has 0 unspecified atom stereocenters. The van der Waals surface area contributed by atoms with Gasteiger partial charge in [0.2, 0.25) is 0 Å². The molecule has 8 nitrogen and oxygen atoms in total. The van der Waals surface area contributed by atoms with Crippen molar-refractivity contribution in [3.63, 3.8) is 0 Å². The van der Waals surface area contributed by atoms with Gasteiger partial charge in [0, 0.05) is 29.5 Å². The second kappa shape index (κ2) is 9.52. The zero-order chi connectivity index (χ0) is 25.7. The SMILES string of the molecule is CC(C)(O)c1cc(N2CCOCC2)cc(S(=O)(=O)NC(=O)Nc2c3c(c(Cl)c4c2CCC4)CCC3)c1. The van der Waals surface area contributed by atoms with Gasteiger partial charge in [0.05, 0.1) is 23.7 Å². The van der Waals surface area contributed by atoms with Crippen LogP contribution in [0.1, 0.15) is 54.5 Å². The maximum atomic E-state index is 13.4. The van der Waals surface area contributed by atoms with Gasteiger partial charge in [-0.25, -0.2) is 17.9 Å². The third-order valence-electron chi connectivity index (χ3n) is 7.32. The molecule has 0 bridgehead atoms. The molecule has 1 heterocycles. The first-order valence-corrected chi connectivity index (χ1v) is 14.3. The molecular formula is C26H32ClN3O5S. The number of benzene rings is 2. The van der Waals surface area contributed by atoms with E-state index in [9.17, 15) is 18.3 Å². The van der Waals surface area contributed by atoms with E-state index in [1.165, 1.54) is 12.1 Å². The second-order valence-electron chi connectivity index (χ2n) is 10.2. The summed E-state index contributed by atoms with van der Waals surface area (Å²) in [5, 5.41) is 14.3. The lowest BCUT2D eigenvalue weighted by Gasteiger charge is -2.30. The number of urea groups is 1. The fourth-order valence-corrected chi connectivity index (χ4v) is 6.84. The van der Waals surface area contributed by atoms with Gasteiger partial charge in [-0.05, 0) is 98.4 Å². The maximum Gasteiger partial charge on any atom is 0.333 e. The zero-order valence-corrected chi connectivity index (χ0v) is 22.2. The molecule has 1 saturated heterocycles. The molecule has 0 saturated carbocycles. The number of rotatable bonds is 5. The molecule has 0 spiro atoms. The number of aliphatic hydroxyl groups is 1. The number of carbonyl (C=O) groups is 1. The highest BCUT2D eigenvalue weighted by molar-refractivity contribution is 7.90. The molecule has 1 fully saturated rings. The summed E-state index contributed by atoms with van der Waals surface area (Å²) < 4.78 is 34.3. The van der Waals surface area contributed by atoms with Crippen molar-refractivity contribution in [3.8, 4) is 0 Å². The first-order chi connectivity index (χ1) is 17.0. The largest absolute Gasteiger partial charge is 0.386 e. The van der Waals surface area contributed by atoms with Gasteiger partial charge in [0.25, 0.3) is 10.0 Å². The second-order valence-corrected chi connectivity index (χ2v) is 12.3. The van der Waals surface area contributed by atoms with Crippen LogP contribution in [0.25, 0.3) is 0 Å². The number of hydrogen-bond acceptors (Lipinski definition) is 6. The lowest BCUT2D eigenvalue weighted by Crippen LogP contribution is -2.37. The molecule has 2 aromatic rings. The average molecular weight is 534 g/mol. The summed E-state index contributed by atoms with van der Waals surface area (Å²) in [5.41, 5.74) is 4.74. The van der Waals surface area contributed by atoms with E-state index >= 15 is 0 Å². The Hall–Kier alpha value is -2.33. The predicted octanol–water partition coefficient (Wildman–Crippen LogP) is 3.89. The van der Waals surface area contributed by atoms with Gasteiger partial charge in [0.1, 0.15) is 0 Å². The summed E-state index contributed by atoms with van der Waals surface area (Å²) in [6.45, 7) is 5.48. The van der Waals surface area contributed by atoms with Crippen LogP contribution in [0.4, 0.5) is 16.2 Å². The number of fused-ring (bicyclic) bond motifs is 2. The van der Waals surface area contributed by atoms with E-state index in [1.54, 1.807) is 19.9 Å². The monoisotopic (exact) mass is 533 g/mol. The van der Waals surface area contributed by atoms with Crippen molar-refractivity contribution in [2.24, 2.45) is 0 Å². The van der Waals surface area contributed by atoms with Crippen LogP contribution >= 0.6 is 11.6 Å². The predicted molar refractivity (Wildman–Crippen MR) is 140 cm³/mol. The molecule has 36 heavy (non-hydrogen) atoms. The smallest absolute Gasteiger partial charge is 0.333 e. The Morgan fingerprint density at radius 3 is 2.17 bits per heavy atom. The minimum atomic E-state index is -4.22. The van der Waals surface area contributed by atoms with Crippen LogP contribution in [0.2, 0.25) is 5.02 Å². The van der Waals surface area contributed by atoms with Crippen molar-refractivity contribution in [3.05, 3.63) is 51.0 Å². The van der Waals surface area contributed by atoms with E-state index in [0.717, 1.165) is 65.8 Å². The van der Waals surface area contributed by atoms with E-state index in [0.29, 0.717) is 43.2 Å². The molecule has 2 aliphatic carbocycles. The minimum absolute atomic E-state index is 0.0784. The standard InChI is InChI=1S/C26H32ClN3O5S/c1-26(2,32)16-13-17(30-9-11-35-12-10-30)15-18(14-16)36(33,34)29-25(31)28-24-21-7-3-5-19(21)23(27)20-6-4-8-22(20)24/h13-15,32H,3-12H2,1-2H3,(H2,28,29,31). The number of amides is 2. The van der Waals surface area contributed by atoms with E-state index in [-0.39, 0.29) is 4.90 Å². The summed E-state index contributed by atoms with van der Waals surface area (Å²) in [6, 6.07) is 3.93. The van der Waals surface area contributed by atoms with Crippen molar-refractivity contribution in [2.75, 3.05) is 36.5 Å². The van der Waals surface area contributed by atoms with Gasteiger partial charge >= 0.3 is 6.03 Å². The summed E-state index contributed by atoms with van der Waals surface area (Å²) in [4.78, 5) is 15.0. The van der Waals surface area contributed by atoms with E-state index in [4.69, 9.17) is 16.3 Å². The van der Waals surface area contributed by atoms with Crippen LogP contribution in [0.5, 0.6) is 0 Å². The van der Waals surface area contributed by atoms with Crippen molar-refractivity contribution in [1.29, 1.82) is 0 Å². The Kier molecular flexibility index (Phi) is 6.70. The molecule has 3 aliphatic rings. The number of hydrogen-bond donors (Lipinski definition) is 3. The molecule has 10 heteroatoms. The van der Waals surface area contributed by atoms with Crippen LogP contribution in [-0.4, -0.2) is 45.9 Å². The highest BCUT2D eigenvalue weighted by Gasteiger charge is 2.30. The molecule has 0 atom stereocenters. The normalized spacial score (nSPS) is 17.6. The average Bonchev–Trinajstić information content (AvgIpc) is 3.52. The van der Waals surface area contributed by atoms with E-state index in [2.05, 4.69) is 10.0 Å².